The highest BCUT2D eigenvalue weighted by molar-refractivity contribution is 5.89. The van der Waals surface area contributed by atoms with Gasteiger partial charge in [-0.1, -0.05) is 0 Å². The second kappa shape index (κ2) is 6.99. The van der Waals surface area contributed by atoms with Crippen LogP contribution in [0.5, 0.6) is 11.5 Å². The Morgan fingerprint density at radius 3 is 2.79 bits per heavy atom. The number of carbonyl (C=O) groups is 2. The highest BCUT2D eigenvalue weighted by Crippen LogP contribution is 2.29. The molecule has 1 heterocycles. The van der Waals surface area contributed by atoms with Crippen molar-refractivity contribution in [1.29, 1.82) is 0 Å². The molecule has 0 aliphatic heterocycles. The predicted molar refractivity (Wildman–Crippen MR) is 85.1 cm³/mol. The average Bonchev–Trinajstić information content (AvgIpc) is 3.30. The molecule has 7 heteroatoms. The lowest BCUT2D eigenvalue weighted by molar-refractivity contribution is -0.122. The molecular weight excluding hydrogens is 312 g/mol. The van der Waals surface area contributed by atoms with Crippen molar-refractivity contribution >= 4 is 18.1 Å². The van der Waals surface area contributed by atoms with Gasteiger partial charge in [-0.3, -0.25) is 4.79 Å². The monoisotopic (exact) mass is 328 g/mol. The second-order valence-electron chi connectivity index (χ2n) is 5.29. The summed E-state index contributed by atoms with van der Waals surface area (Å²) in [7, 11) is 1.47. The standard InChI is InChI=1S/C17H16N2O5/c1-22-15-9-11(10-18-19-16(20)12-5-6-12)4-7-13(15)24-17(21)14-3-2-8-23-14/h2-4,7-10,12H,5-6H2,1H3,(H,19,20)/b18-10-. The fourth-order valence-electron chi connectivity index (χ4n) is 2.00. The molecule has 0 radical (unpaired) electrons. The van der Waals surface area contributed by atoms with Crippen LogP contribution in [0.3, 0.4) is 0 Å². The molecule has 0 atom stereocenters. The van der Waals surface area contributed by atoms with Crippen LogP contribution in [0.2, 0.25) is 0 Å². The normalized spacial score (nSPS) is 13.7. The molecule has 7 nitrogen and oxygen atoms in total. The third-order valence-corrected chi connectivity index (χ3v) is 3.45. The number of amides is 1. The zero-order valence-corrected chi connectivity index (χ0v) is 13.0. The Morgan fingerprint density at radius 1 is 1.29 bits per heavy atom. The van der Waals surface area contributed by atoms with E-state index in [1.54, 1.807) is 24.3 Å². The molecule has 24 heavy (non-hydrogen) atoms. The van der Waals surface area contributed by atoms with Crippen LogP contribution < -0.4 is 14.9 Å². The van der Waals surface area contributed by atoms with Gasteiger partial charge in [0.25, 0.3) is 0 Å². The highest BCUT2D eigenvalue weighted by atomic mass is 16.6. The number of furan rings is 1. The van der Waals surface area contributed by atoms with Gasteiger partial charge in [0.2, 0.25) is 11.7 Å². The number of hydrogen-bond donors (Lipinski definition) is 1. The van der Waals surface area contributed by atoms with Gasteiger partial charge in [0.1, 0.15) is 0 Å². The number of carbonyl (C=O) groups excluding carboxylic acids is 2. The Morgan fingerprint density at radius 2 is 2.12 bits per heavy atom. The summed E-state index contributed by atoms with van der Waals surface area (Å²) in [6, 6.07) is 8.04. The van der Waals surface area contributed by atoms with Crippen LogP contribution in [0.4, 0.5) is 0 Å². The summed E-state index contributed by atoms with van der Waals surface area (Å²) < 4.78 is 15.5. The molecule has 1 N–H and O–H groups in total. The van der Waals surface area contributed by atoms with Crippen molar-refractivity contribution in [3.63, 3.8) is 0 Å². The van der Waals surface area contributed by atoms with Crippen LogP contribution in [0, 0.1) is 5.92 Å². The van der Waals surface area contributed by atoms with E-state index >= 15 is 0 Å². The van der Waals surface area contributed by atoms with Crippen LogP contribution in [0.25, 0.3) is 0 Å². The Kier molecular flexibility index (Phi) is 4.60. The summed E-state index contributed by atoms with van der Waals surface area (Å²) in [5.41, 5.74) is 3.18. The summed E-state index contributed by atoms with van der Waals surface area (Å²) in [6.45, 7) is 0. The van der Waals surface area contributed by atoms with Gasteiger partial charge in [0.05, 0.1) is 19.6 Å². The number of rotatable bonds is 6. The summed E-state index contributed by atoms with van der Waals surface area (Å²) in [5, 5.41) is 3.91. The Labute approximate surface area is 138 Å². The van der Waals surface area contributed by atoms with Crippen molar-refractivity contribution in [1.82, 2.24) is 5.43 Å². The van der Waals surface area contributed by atoms with E-state index in [4.69, 9.17) is 13.9 Å². The third kappa shape index (κ3) is 3.81. The number of hydrazone groups is 1. The zero-order chi connectivity index (χ0) is 16.9. The van der Waals surface area contributed by atoms with E-state index in [1.165, 1.54) is 25.7 Å². The van der Waals surface area contributed by atoms with Gasteiger partial charge in [-0.05, 0) is 48.7 Å². The lowest BCUT2D eigenvalue weighted by Crippen LogP contribution is -2.18. The maximum atomic E-state index is 11.9. The zero-order valence-electron chi connectivity index (χ0n) is 13.0. The molecule has 1 saturated carbocycles. The molecule has 0 unspecified atom stereocenters. The molecule has 1 amide bonds. The molecule has 1 aliphatic carbocycles. The van der Waals surface area contributed by atoms with Crippen molar-refractivity contribution in [3.8, 4) is 11.5 Å². The molecule has 1 fully saturated rings. The van der Waals surface area contributed by atoms with Crippen LogP contribution in [0.15, 0.2) is 46.1 Å². The van der Waals surface area contributed by atoms with Gasteiger partial charge >= 0.3 is 5.97 Å². The molecule has 3 rings (SSSR count). The number of methoxy groups -OCH3 is 1. The summed E-state index contributed by atoms with van der Waals surface area (Å²) in [6.07, 6.45) is 4.74. The van der Waals surface area contributed by atoms with E-state index in [-0.39, 0.29) is 23.3 Å². The van der Waals surface area contributed by atoms with Crippen molar-refractivity contribution in [2.24, 2.45) is 11.0 Å². The van der Waals surface area contributed by atoms with Crippen LogP contribution in [0.1, 0.15) is 29.0 Å². The van der Waals surface area contributed by atoms with Gasteiger partial charge in [0.15, 0.2) is 11.5 Å². The topological polar surface area (TPSA) is 90.1 Å². The number of benzene rings is 1. The summed E-state index contributed by atoms with van der Waals surface area (Å²) in [5.74, 6) is 0.148. The number of nitrogens with one attached hydrogen (secondary N) is 1. The SMILES string of the molecule is COc1cc(/C=N\NC(=O)C2CC2)ccc1OC(=O)c1ccco1. The summed E-state index contributed by atoms with van der Waals surface area (Å²) in [4.78, 5) is 23.4. The Hall–Kier alpha value is -3.09. The Balaban J connectivity index is 1.67. The molecule has 0 spiro atoms. The van der Waals surface area contributed by atoms with Gasteiger partial charge in [0, 0.05) is 5.92 Å². The van der Waals surface area contributed by atoms with Gasteiger partial charge in [-0.25, -0.2) is 10.2 Å². The second-order valence-corrected chi connectivity index (χ2v) is 5.29. The maximum absolute atomic E-state index is 11.9. The van der Waals surface area contributed by atoms with Crippen molar-refractivity contribution in [3.05, 3.63) is 47.9 Å². The van der Waals surface area contributed by atoms with E-state index < -0.39 is 5.97 Å². The lowest BCUT2D eigenvalue weighted by atomic mass is 10.2. The van der Waals surface area contributed by atoms with Crippen LogP contribution in [-0.4, -0.2) is 25.2 Å². The third-order valence-electron chi connectivity index (χ3n) is 3.45. The van der Waals surface area contributed by atoms with E-state index in [0.717, 1.165) is 12.8 Å². The number of ether oxygens (including phenoxy) is 2. The lowest BCUT2D eigenvalue weighted by Gasteiger charge is -2.08. The minimum absolute atomic E-state index is 0.0674. The van der Waals surface area contributed by atoms with Crippen molar-refractivity contribution in [2.45, 2.75) is 12.8 Å². The van der Waals surface area contributed by atoms with Gasteiger partial charge < -0.3 is 13.9 Å². The van der Waals surface area contributed by atoms with Gasteiger partial charge in [-0.15, -0.1) is 0 Å². The molecule has 1 aliphatic rings. The van der Waals surface area contributed by atoms with E-state index in [1.807, 2.05) is 0 Å². The Bertz CT molecular complexity index is 763. The summed E-state index contributed by atoms with van der Waals surface area (Å²) >= 11 is 0. The van der Waals surface area contributed by atoms with Crippen LogP contribution >= 0.6 is 0 Å². The molecule has 1 aromatic carbocycles. The molecule has 2 aromatic rings. The maximum Gasteiger partial charge on any atom is 0.379 e. The number of nitrogens with zero attached hydrogens (tertiary/aromatic N) is 1. The first-order chi connectivity index (χ1) is 11.7. The largest absolute Gasteiger partial charge is 0.493 e. The number of esters is 1. The van der Waals surface area contributed by atoms with E-state index in [2.05, 4.69) is 10.5 Å². The minimum Gasteiger partial charge on any atom is -0.493 e. The van der Waals surface area contributed by atoms with Gasteiger partial charge in [-0.2, -0.15) is 5.10 Å². The first-order valence-corrected chi connectivity index (χ1v) is 7.44. The quantitative estimate of drug-likeness (QED) is 0.380. The molecule has 1 aromatic heterocycles. The smallest absolute Gasteiger partial charge is 0.379 e. The molecule has 0 bridgehead atoms. The van der Waals surface area contributed by atoms with E-state index in [9.17, 15) is 9.59 Å². The fraction of sp³-hybridized carbons (Fsp3) is 0.235. The van der Waals surface area contributed by atoms with Crippen LogP contribution in [-0.2, 0) is 4.79 Å². The fourth-order valence-corrected chi connectivity index (χ4v) is 2.00. The first kappa shape index (κ1) is 15.8. The van der Waals surface area contributed by atoms with E-state index in [0.29, 0.717) is 11.3 Å². The first-order valence-electron chi connectivity index (χ1n) is 7.44. The van der Waals surface area contributed by atoms with Crippen molar-refractivity contribution in [2.75, 3.05) is 7.11 Å². The minimum atomic E-state index is -0.614. The molecule has 0 saturated heterocycles. The predicted octanol–water partition coefficient (Wildman–Crippen LogP) is 2.37. The van der Waals surface area contributed by atoms with Crippen molar-refractivity contribution < 1.29 is 23.5 Å². The number of hydrogen-bond acceptors (Lipinski definition) is 6. The average molecular weight is 328 g/mol. The molecular formula is C17H16N2O5. The highest BCUT2D eigenvalue weighted by Gasteiger charge is 2.29. The molecule has 124 valence electrons.